The van der Waals surface area contributed by atoms with Gasteiger partial charge in [-0.2, -0.15) is 4.98 Å². The summed E-state index contributed by atoms with van der Waals surface area (Å²) in [6, 6.07) is 6.38. The zero-order chi connectivity index (χ0) is 12.4. The number of nitrogens with zero attached hydrogens (tertiary/aromatic N) is 1. The summed E-state index contributed by atoms with van der Waals surface area (Å²) in [7, 11) is 0. The van der Waals surface area contributed by atoms with Gasteiger partial charge in [-0.15, -0.1) is 0 Å². The van der Waals surface area contributed by atoms with Crippen LogP contribution < -0.4 is 11.1 Å². The molecule has 0 saturated heterocycles. The van der Waals surface area contributed by atoms with E-state index in [0.717, 1.165) is 6.07 Å². The van der Waals surface area contributed by atoms with Crippen molar-refractivity contribution in [2.45, 2.75) is 0 Å². The maximum atomic E-state index is 13.4. The minimum Gasteiger partial charge on any atom is -0.493 e. The van der Waals surface area contributed by atoms with E-state index in [4.69, 9.17) is 10.8 Å². The minimum atomic E-state index is -1.03. The molecule has 0 bridgehead atoms. The molecule has 0 unspecified atom stereocenters. The molecule has 2 rings (SSSR count). The van der Waals surface area contributed by atoms with E-state index in [0.29, 0.717) is 0 Å². The number of nitrogens with one attached hydrogen (secondary N) is 1. The summed E-state index contributed by atoms with van der Waals surface area (Å²) in [5.41, 5.74) is 5.69. The molecule has 17 heavy (non-hydrogen) atoms. The van der Waals surface area contributed by atoms with E-state index in [1.807, 2.05) is 0 Å². The lowest BCUT2D eigenvalue weighted by molar-refractivity contribution is 0.454. The molecule has 0 aliphatic carbocycles. The van der Waals surface area contributed by atoms with Crippen molar-refractivity contribution < 1.29 is 13.9 Å². The first-order chi connectivity index (χ1) is 8.08. The molecular weight excluding hydrogens is 228 g/mol. The number of benzene rings is 1. The molecule has 1 aromatic carbocycles. The van der Waals surface area contributed by atoms with E-state index in [9.17, 15) is 8.78 Å². The maximum Gasteiger partial charge on any atom is 0.212 e. The molecule has 2 aromatic rings. The number of anilines is 3. The first-order valence-corrected chi connectivity index (χ1v) is 4.74. The molecule has 0 radical (unpaired) electrons. The maximum absolute atomic E-state index is 13.4. The number of aromatic hydroxyl groups is 1. The van der Waals surface area contributed by atoms with Crippen LogP contribution in [-0.4, -0.2) is 10.1 Å². The van der Waals surface area contributed by atoms with Crippen LogP contribution in [0, 0.1) is 11.6 Å². The first kappa shape index (κ1) is 11.1. The lowest BCUT2D eigenvalue weighted by atomic mass is 10.3. The highest BCUT2D eigenvalue weighted by Crippen LogP contribution is 2.25. The summed E-state index contributed by atoms with van der Waals surface area (Å²) in [5.74, 6) is -2.21. The van der Waals surface area contributed by atoms with Crippen LogP contribution in [-0.2, 0) is 0 Å². The van der Waals surface area contributed by atoms with E-state index in [1.165, 1.54) is 24.3 Å². The summed E-state index contributed by atoms with van der Waals surface area (Å²) in [6.45, 7) is 0. The van der Waals surface area contributed by atoms with Crippen molar-refractivity contribution >= 4 is 17.2 Å². The average molecular weight is 237 g/mol. The summed E-state index contributed by atoms with van der Waals surface area (Å²) in [4.78, 5) is 3.67. The number of nitrogen functional groups attached to an aromatic ring is 1. The summed E-state index contributed by atoms with van der Waals surface area (Å²) in [5, 5.41) is 11.7. The van der Waals surface area contributed by atoms with Crippen LogP contribution in [0.5, 0.6) is 5.88 Å². The van der Waals surface area contributed by atoms with Crippen molar-refractivity contribution in [1.82, 2.24) is 4.98 Å². The second-order valence-corrected chi connectivity index (χ2v) is 3.33. The second-order valence-electron chi connectivity index (χ2n) is 3.33. The summed E-state index contributed by atoms with van der Waals surface area (Å²) >= 11 is 0. The van der Waals surface area contributed by atoms with Crippen LogP contribution >= 0.6 is 0 Å². The number of aromatic nitrogens is 1. The highest BCUT2D eigenvalue weighted by molar-refractivity contribution is 5.69. The van der Waals surface area contributed by atoms with E-state index in [-0.39, 0.29) is 23.1 Å². The van der Waals surface area contributed by atoms with Crippen molar-refractivity contribution in [2.24, 2.45) is 0 Å². The molecule has 0 atom stereocenters. The number of pyridine rings is 1. The molecule has 1 aromatic heterocycles. The fourth-order valence-electron chi connectivity index (χ4n) is 1.29. The Kier molecular flexibility index (Phi) is 2.78. The molecule has 88 valence electrons. The van der Waals surface area contributed by atoms with E-state index in [2.05, 4.69) is 10.3 Å². The van der Waals surface area contributed by atoms with Gasteiger partial charge in [-0.25, -0.2) is 8.78 Å². The van der Waals surface area contributed by atoms with Gasteiger partial charge in [-0.05, 0) is 18.2 Å². The SMILES string of the molecule is Nc1ccc(O)nc1Nc1cccc(F)c1F. The molecule has 0 saturated carbocycles. The van der Waals surface area contributed by atoms with E-state index < -0.39 is 11.6 Å². The Morgan fingerprint density at radius 3 is 2.71 bits per heavy atom. The third kappa shape index (κ3) is 2.25. The lowest BCUT2D eigenvalue weighted by Crippen LogP contribution is -2.01. The Balaban J connectivity index is 2.38. The Morgan fingerprint density at radius 2 is 1.94 bits per heavy atom. The standard InChI is InChI=1S/C11H9F2N3O/c12-6-2-1-3-8(10(6)13)15-11-7(14)4-5-9(17)16-11/h1-5H,14H2,(H2,15,16,17). The van der Waals surface area contributed by atoms with Gasteiger partial charge in [-0.1, -0.05) is 6.07 Å². The van der Waals surface area contributed by atoms with Gasteiger partial charge in [0.05, 0.1) is 11.4 Å². The molecule has 0 amide bonds. The van der Waals surface area contributed by atoms with Gasteiger partial charge >= 0.3 is 0 Å². The van der Waals surface area contributed by atoms with Crippen molar-refractivity contribution in [2.75, 3.05) is 11.1 Å². The van der Waals surface area contributed by atoms with E-state index in [1.54, 1.807) is 0 Å². The topological polar surface area (TPSA) is 71.2 Å². The van der Waals surface area contributed by atoms with Crippen LogP contribution in [0.25, 0.3) is 0 Å². The Morgan fingerprint density at radius 1 is 1.18 bits per heavy atom. The largest absolute Gasteiger partial charge is 0.493 e. The van der Waals surface area contributed by atoms with Crippen LogP contribution in [0.1, 0.15) is 0 Å². The van der Waals surface area contributed by atoms with Gasteiger partial charge in [0.2, 0.25) is 5.88 Å². The third-order valence-corrected chi connectivity index (χ3v) is 2.12. The minimum absolute atomic E-state index is 0.0644. The molecular formula is C11H9F2N3O. The Hall–Kier alpha value is -2.37. The fraction of sp³-hybridized carbons (Fsp3) is 0. The number of rotatable bonds is 2. The third-order valence-electron chi connectivity index (χ3n) is 2.12. The van der Waals surface area contributed by atoms with Crippen molar-refractivity contribution in [3.8, 4) is 5.88 Å². The van der Waals surface area contributed by atoms with Gasteiger partial charge in [-0.3, -0.25) is 0 Å². The molecule has 4 N–H and O–H groups in total. The number of hydrogen-bond acceptors (Lipinski definition) is 4. The van der Waals surface area contributed by atoms with E-state index >= 15 is 0 Å². The molecule has 1 heterocycles. The fourth-order valence-corrected chi connectivity index (χ4v) is 1.29. The first-order valence-electron chi connectivity index (χ1n) is 4.74. The number of nitrogens with two attached hydrogens (primary N) is 1. The molecule has 0 aliphatic rings. The zero-order valence-corrected chi connectivity index (χ0v) is 8.61. The predicted octanol–water partition coefficient (Wildman–Crippen LogP) is 2.39. The monoisotopic (exact) mass is 237 g/mol. The molecule has 4 nitrogen and oxygen atoms in total. The number of hydrogen-bond donors (Lipinski definition) is 3. The number of halogens is 2. The Labute approximate surface area is 95.7 Å². The zero-order valence-electron chi connectivity index (χ0n) is 8.61. The van der Waals surface area contributed by atoms with Gasteiger partial charge in [0.15, 0.2) is 17.5 Å². The quantitative estimate of drug-likeness (QED) is 0.750. The van der Waals surface area contributed by atoms with Crippen molar-refractivity contribution in [3.63, 3.8) is 0 Å². The lowest BCUT2D eigenvalue weighted by Gasteiger charge is -2.09. The van der Waals surface area contributed by atoms with Gasteiger partial charge in [0.1, 0.15) is 0 Å². The summed E-state index contributed by atoms with van der Waals surface area (Å²) < 4.78 is 26.3. The normalized spacial score (nSPS) is 10.2. The molecule has 6 heteroatoms. The molecule has 0 spiro atoms. The average Bonchev–Trinajstić information content (AvgIpc) is 2.30. The molecule has 0 aliphatic heterocycles. The predicted molar refractivity (Wildman–Crippen MR) is 60.0 cm³/mol. The smallest absolute Gasteiger partial charge is 0.212 e. The Bertz CT molecular complexity index is 560. The highest BCUT2D eigenvalue weighted by Gasteiger charge is 2.10. The van der Waals surface area contributed by atoms with Crippen LogP contribution in [0.4, 0.5) is 26.0 Å². The van der Waals surface area contributed by atoms with Gasteiger partial charge in [0, 0.05) is 6.07 Å². The highest BCUT2D eigenvalue weighted by atomic mass is 19.2. The molecule has 0 fully saturated rings. The van der Waals surface area contributed by atoms with Crippen molar-refractivity contribution in [3.05, 3.63) is 42.0 Å². The second kappa shape index (κ2) is 4.25. The van der Waals surface area contributed by atoms with Crippen LogP contribution in [0.3, 0.4) is 0 Å². The van der Waals surface area contributed by atoms with Gasteiger partial charge in [0.25, 0.3) is 0 Å². The summed E-state index contributed by atoms with van der Waals surface area (Å²) in [6.07, 6.45) is 0. The van der Waals surface area contributed by atoms with Crippen LogP contribution in [0.2, 0.25) is 0 Å². The van der Waals surface area contributed by atoms with Gasteiger partial charge < -0.3 is 16.2 Å². The van der Waals surface area contributed by atoms with Crippen LogP contribution in [0.15, 0.2) is 30.3 Å². The van der Waals surface area contributed by atoms with Crippen molar-refractivity contribution in [1.29, 1.82) is 0 Å².